The maximum atomic E-state index is 11.8. The minimum Gasteiger partial charge on any atom is -0.496 e. The fourth-order valence-electron chi connectivity index (χ4n) is 2.94. The second-order valence-corrected chi connectivity index (χ2v) is 7.92. The predicted octanol–water partition coefficient (Wildman–Crippen LogP) is 5.75. The van der Waals surface area contributed by atoms with Crippen molar-refractivity contribution >= 4 is 35.4 Å². The van der Waals surface area contributed by atoms with Crippen molar-refractivity contribution in [2.45, 2.75) is 5.22 Å². The van der Waals surface area contributed by atoms with E-state index in [9.17, 15) is 15.2 Å². The fraction of sp³-hybridized carbons (Fsp3) is 0.0435. The molecule has 0 saturated heterocycles. The van der Waals surface area contributed by atoms with Gasteiger partial charge < -0.3 is 18.7 Å². The molecule has 8 nitrogen and oxygen atoms in total. The van der Waals surface area contributed by atoms with Gasteiger partial charge in [0.15, 0.2) is 0 Å². The average Bonchev–Trinajstić information content (AvgIpc) is 3.48. The molecule has 0 bridgehead atoms. The number of ether oxygens (including phenoxy) is 1. The summed E-state index contributed by atoms with van der Waals surface area (Å²) in [7, 11) is 1.50. The summed E-state index contributed by atoms with van der Waals surface area (Å²) in [6, 6.07) is 17.3. The van der Waals surface area contributed by atoms with Crippen LogP contribution in [0.3, 0.4) is 0 Å². The number of hydrogen-bond acceptors (Lipinski definition) is 8. The number of thioether (sulfide) groups is 1. The molecule has 2 aromatic heterocycles. The van der Waals surface area contributed by atoms with Crippen LogP contribution in [0.1, 0.15) is 11.3 Å². The van der Waals surface area contributed by atoms with Gasteiger partial charge >= 0.3 is 5.97 Å². The Morgan fingerprint density at radius 1 is 1.15 bits per heavy atom. The molecule has 0 fully saturated rings. The van der Waals surface area contributed by atoms with Gasteiger partial charge in [0.2, 0.25) is 0 Å². The maximum Gasteiger partial charge on any atom is 0.342 e. The Labute approximate surface area is 197 Å². The van der Waals surface area contributed by atoms with Crippen molar-refractivity contribution in [3.63, 3.8) is 0 Å². The quantitative estimate of drug-likeness (QED) is 0.260. The highest BCUT2D eigenvalue weighted by atomic mass is 35.5. The molecule has 33 heavy (non-hydrogen) atoms. The van der Waals surface area contributed by atoms with Gasteiger partial charge in [0.05, 0.1) is 24.3 Å². The Morgan fingerprint density at radius 2 is 1.97 bits per heavy atom. The molecule has 4 rings (SSSR count). The van der Waals surface area contributed by atoms with Crippen molar-refractivity contribution in [3.05, 3.63) is 75.8 Å². The summed E-state index contributed by atoms with van der Waals surface area (Å²) in [5, 5.41) is 27.3. The molecule has 0 aliphatic rings. The number of aromatic nitrogens is 2. The summed E-state index contributed by atoms with van der Waals surface area (Å²) in [5.41, 5.74) is 1.54. The lowest BCUT2D eigenvalue weighted by molar-refractivity contribution is -0.131. The largest absolute Gasteiger partial charge is 0.496 e. The summed E-state index contributed by atoms with van der Waals surface area (Å²) in [4.78, 5) is 11.7. The number of carboxylic acid groups (broad SMARTS) is 1. The number of aliphatic carboxylic acids is 1. The molecular formula is C23H14ClN3O5S. The van der Waals surface area contributed by atoms with Gasteiger partial charge in [-0.05, 0) is 54.2 Å². The number of nitrogens with zero attached hydrogens (tertiary/aromatic N) is 3. The maximum absolute atomic E-state index is 11.8. The first kappa shape index (κ1) is 22.2. The molecule has 0 unspecified atom stereocenters. The third-order valence-corrected chi connectivity index (χ3v) is 5.51. The van der Waals surface area contributed by atoms with Gasteiger partial charge in [-0.15, -0.1) is 10.2 Å². The van der Waals surface area contributed by atoms with Gasteiger partial charge in [-0.25, -0.2) is 4.79 Å². The van der Waals surface area contributed by atoms with E-state index in [2.05, 4.69) is 16.3 Å². The molecule has 10 heteroatoms. The molecule has 0 radical (unpaired) electrons. The normalized spacial score (nSPS) is 11.2. The van der Waals surface area contributed by atoms with E-state index in [1.54, 1.807) is 54.6 Å². The highest BCUT2D eigenvalue weighted by molar-refractivity contribution is 8.03. The third-order valence-electron chi connectivity index (χ3n) is 4.42. The first-order valence-electron chi connectivity index (χ1n) is 9.38. The van der Waals surface area contributed by atoms with E-state index in [4.69, 9.17) is 25.2 Å². The molecule has 0 amide bonds. The molecule has 0 saturated carbocycles. The molecule has 0 aliphatic carbocycles. The van der Waals surface area contributed by atoms with Gasteiger partial charge in [-0.1, -0.05) is 23.7 Å². The van der Waals surface area contributed by atoms with Gasteiger partial charge in [0.1, 0.15) is 22.2 Å². The van der Waals surface area contributed by atoms with E-state index in [-0.39, 0.29) is 16.0 Å². The molecule has 0 spiro atoms. The van der Waals surface area contributed by atoms with Crippen LogP contribution in [0, 0.1) is 11.3 Å². The van der Waals surface area contributed by atoms with Gasteiger partial charge in [-0.2, -0.15) is 5.26 Å². The highest BCUT2D eigenvalue weighted by Crippen LogP contribution is 2.35. The van der Waals surface area contributed by atoms with Gasteiger partial charge in [0, 0.05) is 16.7 Å². The first-order chi connectivity index (χ1) is 16.0. The Morgan fingerprint density at radius 3 is 2.73 bits per heavy atom. The summed E-state index contributed by atoms with van der Waals surface area (Å²) >= 11 is 6.82. The van der Waals surface area contributed by atoms with Crippen LogP contribution >= 0.6 is 23.4 Å². The number of carbonyl (C=O) groups is 1. The predicted molar refractivity (Wildman–Crippen MR) is 122 cm³/mol. The lowest BCUT2D eigenvalue weighted by atomic mass is 10.1. The van der Waals surface area contributed by atoms with Crippen molar-refractivity contribution in [3.8, 4) is 34.6 Å². The zero-order chi connectivity index (χ0) is 23.4. The zero-order valence-electron chi connectivity index (χ0n) is 17.0. The number of benzene rings is 2. The number of methoxy groups -OCH3 is 1. The van der Waals surface area contributed by atoms with E-state index in [0.29, 0.717) is 39.0 Å². The first-order valence-corrected chi connectivity index (χ1v) is 10.6. The van der Waals surface area contributed by atoms with Crippen molar-refractivity contribution < 1.29 is 23.5 Å². The van der Waals surface area contributed by atoms with Crippen molar-refractivity contribution in [2.75, 3.05) is 7.11 Å². The van der Waals surface area contributed by atoms with E-state index in [1.807, 2.05) is 0 Å². The summed E-state index contributed by atoms with van der Waals surface area (Å²) in [5.74, 6) is 0.153. The number of furan rings is 1. The number of hydrogen-bond donors (Lipinski definition) is 1. The van der Waals surface area contributed by atoms with Crippen molar-refractivity contribution in [2.24, 2.45) is 0 Å². The van der Waals surface area contributed by atoms with Gasteiger partial charge in [0.25, 0.3) is 11.1 Å². The number of rotatable bonds is 7. The van der Waals surface area contributed by atoms with Crippen LogP contribution < -0.4 is 4.74 Å². The molecule has 0 aliphatic heterocycles. The SMILES string of the molecule is COc1ccc(Cl)cc1-c1nnc(S/C(=C\c2ccc(-c3ccccc3C#N)o2)C(=O)O)o1. The van der Waals surface area contributed by atoms with Crippen LogP contribution in [-0.4, -0.2) is 28.4 Å². The molecule has 4 aromatic rings. The Balaban J connectivity index is 1.60. The summed E-state index contributed by atoms with van der Waals surface area (Å²) in [6.45, 7) is 0. The van der Waals surface area contributed by atoms with Crippen LogP contribution in [0.5, 0.6) is 5.75 Å². The van der Waals surface area contributed by atoms with E-state index >= 15 is 0 Å². The van der Waals surface area contributed by atoms with Crippen LogP contribution in [0.25, 0.3) is 28.9 Å². The standard InChI is InChI=1S/C23H14ClN3O5S/c1-30-18-8-6-14(24)10-17(18)21-26-27-23(32-21)33-20(22(28)29)11-15-7-9-19(31-15)16-5-3-2-4-13(16)12-25/h2-11H,1H3,(H,28,29)/b20-11-. The zero-order valence-corrected chi connectivity index (χ0v) is 18.6. The molecule has 2 heterocycles. The topological polar surface area (TPSA) is 122 Å². The number of carboxylic acids is 1. The van der Waals surface area contributed by atoms with Crippen LogP contribution in [0.4, 0.5) is 0 Å². The Bertz CT molecular complexity index is 1400. The molecule has 1 N–H and O–H groups in total. The average molecular weight is 480 g/mol. The monoisotopic (exact) mass is 479 g/mol. The Hall–Kier alpha value is -4.00. The minimum absolute atomic E-state index is 0.0160. The van der Waals surface area contributed by atoms with Crippen LogP contribution in [0.15, 0.2) is 73.6 Å². The second-order valence-electron chi connectivity index (χ2n) is 6.49. The minimum atomic E-state index is -1.20. The fourth-order valence-corrected chi connectivity index (χ4v) is 3.76. The Kier molecular flexibility index (Phi) is 6.49. The number of halogens is 1. The second kappa shape index (κ2) is 9.65. The smallest absolute Gasteiger partial charge is 0.342 e. The van der Waals surface area contributed by atoms with Gasteiger partial charge in [-0.3, -0.25) is 0 Å². The highest BCUT2D eigenvalue weighted by Gasteiger charge is 2.19. The van der Waals surface area contributed by atoms with Crippen molar-refractivity contribution in [1.29, 1.82) is 5.26 Å². The lowest BCUT2D eigenvalue weighted by Gasteiger charge is -2.04. The van der Waals surface area contributed by atoms with E-state index < -0.39 is 5.97 Å². The number of nitriles is 1. The molecular weight excluding hydrogens is 466 g/mol. The van der Waals surface area contributed by atoms with Crippen LogP contribution in [0.2, 0.25) is 5.02 Å². The van der Waals surface area contributed by atoms with E-state index in [0.717, 1.165) is 11.8 Å². The lowest BCUT2D eigenvalue weighted by Crippen LogP contribution is -1.96. The molecule has 2 aromatic carbocycles. The van der Waals surface area contributed by atoms with E-state index in [1.165, 1.54) is 13.2 Å². The van der Waals surface area contributed by atoms with Crippen LogP contribution in [-0.2, 0) is 4.79 Å². The molecule has 0 atom stereocenters. The summed E-state index contributed by atoms with van der Waals surface area (Å²) < 4.78 is 16.7. The third kappa shape index (κ3) is 4.92. The summed E-state index contributed by atoms with van der Waals surface area (Å²) in [6.07, 6.45) is 1.34. The molecule has 164 valence electrons. The van der Waals surface area contributed by atoms with Crippen molar-refractivity contribution in [1.82, 2.24) is 10.2 Å².